The number of nitrogens with one attached hydrogen (secondary N) is 2. The third-order valence-corrected chi connectivity index (χ3v) is 6.72. The van der Waals surface area contributed by atoms with E-state index in [9.17, 15) is 14.3 Å². The molecular weight excluding hydrogens is 489 g/mol. The monoisotopic (exact) mass is 519 g/mol. The SMILES string of the molecule is Cc1cc(Cc2cc(C)[nH]n2)nc(N2CCC(O)(C(=O)N[C@@H](C)c3ccc(-n4cc(F)cn4)nc3)CC2)n1. The van der Waals surface area contributed by atoms with Crippen LogP contribution >= 0.6 is 0 Å². The molecule has 0 aromatic carbocycles. The fourth-order valence-corrected chi connectivity index (χ4v) is 4.53. The molecule has 0 saturated carbocycles. The molecule has 5 rings (SSSR count). The molecular formula is C26H30FN9O2. The fourth-order valence-electron chi connectivity index (χ4n) is 4.53. The van der Waals surface area contributed by atoms with Gasteiger partial charge in [0.25, 0.3) is 5.91 Å². The summed E-state index contributed by atoms with van der Waals surface area (Å²) in [7, 11) is 0. The van der Waals surface area contributed by atoms with Crippen LogP contribution in [0.5, 0.6) is 0 Å². The first kappa shape index (κ1) is 25.5. The molecule has 1 aliphatic heterocycles. The topological polar surface area (TPSA) is 138 Å². The molecule has 3 N–H and O–H groups in total. The fraction of sp³-hybridized carbons (Fsp3) is 0.385. The molecule has 0 bridgehead atoms. The Morgan fingerprint density at radius 1 is 1.18 bits per heavy atom. The number of aliphatic hydroxyl groups is 1. The molecule has 1 fully saturated rings. The lowest BCUT2D eigenvalue weighted by atomic mass is 9.90. The van der Waals surface area contributed by atoms with E-state index in [0.29, 0.717) is 31.3 Å². The first-order valence-electron chi connectivity index (χ1n) is 12.5. The largest absolute Gasteiger partial charge is 0.380 e. The van der Waals surface area contributed by atoms with Gasteiger partial charge >= 0.3 is 0 Å². The van der Waals surface area contributed by atoms with Gasteiger partial charge in [0, 0.05) is 49.9 Å². The zero-order valence-electron chi connectivity index (χ0n) is 21.5. The average molecular weight is 520 g/mol. The maximum Gasteiger partial charge on any atom is 0.252 e. The van der Waals surface area contributed by atoms with Crippen LogP contribution in [0.4, 0.5) is 10.3 Å². The van der Waals surface area contributed by atoms with Crippen molar-refractivity contribution in [2.24, 2.45) is 0 Å². The van der Waals surface area contributed by atoms with E-state index in [0.717, 1.165) is 34.5 Å². The maximum atomic E-state index is 13.2. The highest BCUT2D eigenvalue weighted by Gasteiger charge is 2.40. The van der Waals surface area contributed by atoms with E-state index < -0.39 is 17.3 Å². The third kappa shape index (κ3) is 5.54. The van der Waals surface area contributed by atoms with Crippen LogP contribution in [-0.4, -0.2) is 64.6 Å². The first-order chi connectivity index (χ1) is 18.2. The third-order valence-electron chi connectivity index (χ3n) is 6.72. The Labute approximate surface area is 219 Å². The van der Waals surface area contributed by atoms with Crippen LogP contribution in [0.15, 0.2) is 42.9 Å². The normalized spacial score (nSPS) is 15.9. The van der Waals surface area contributed by atoms with Crippen LogP contribution in [0.2, 0.25) is 0 Å². The number of pyridine rings is 1. The summed E-state index contributed by atoms with van der Waals surface area (Å²) < 4.78 is 14.5. The van der Waals surface area contributed by atoms with Crippen LogP contribution in [0.1, 0.15) is 54.1 Å². The molecule has 12 heteroatoms. The highest BCUT2D eigenvalue weighted by atomic mass is 19.1. The second-order valence-electron chi connectivity index (χ2n) is 9.79. The highest BCUT2D eigenvalue weighted by molar-refractivity contribution is 5.85. The lowest BCUT2D eigenvalue weighted by Crippen LogP contribution is -2.54. The summed E-state index contributed by atoms with van der Waals surface area (Å²) in [5, 5.41) is 25.2. The molecule has 5 heterocycles. The molecule has 0 spiro atoms. The van der Waals surface area contributed by atoms with Crippen molar-refractivity contribution in [2.75, 3.05) is 18.0 Å². The van der Waals surface area contributed by atoms with Crippen molar-refractivity contribution >= 4 is 11.9 Å². The van der Waals surface area contributed by atoms with Gasteiger partial charge < -0.3 is 15.3 Å². The van der Waals surface area contributed by atoms with E-state index in [4.69, 9.17) is 4.98 Å². The van der Waals surface area contributed by atoms with Gasteiger partial charge in [0.1, 0.15) is 5.60 Å². The minimum Gasteiger partial charge on any atom is -0.380 e. The summed E-state index contributed by atoms with van der Waals surface area (Å²) in [4.78, 5) is 28.7. The van der Waals surface area contributed by atoms with Crippen molar-refractivity contribution in [3.63, 3.8) is 0 Å². The van der Waals surface area contributed by atoms with Gasteiger partial charge in [0.05, 0.1) is 29.8 Å². The summed E-state index contributed by atoms with van der Waals surface area (Å²) >= 11 is 0. The average Bonchev–Trinajstić information content (AvgIpc) is 3.51. The van der Waals surface area contributed by atoms with Crippen LogP contribution in [0, 0.1) is 19.7 Å². The number of aromatic nitrogens is 7. The Balaban J connectivity index is 1.19. The van der Waals surface area contributed by atoms with Gasteiger partial charge in [-0.15, -0.1) is 0 Å². The number of nitrogens with zero attached hydrogens (tertiary/aromatic N) is 7. The van der Waals surface area contributed by atoms with Crippen molar-refractivity contribution in [3.8, 4) is 5.82 Å². The van der Waals surface area contributed by atoms with Crippen molar-refractivity contribution in [1.29, 1.82) is 0 Å². The summed E-state index contributed by atoms with van der Waals surface area (Å²) in [6.07, 6.45) is 5.03. The zero-order valence-corrected chi connectivity index (χ0v) is 21.5. The Kier molecular flexibility index (Phi) is 6.89. The summed E-state index contributed by atoms with van der Waals surface area (Å²) in [6, 6.07) is 7.03. The number of hydrogen-bond donors (Lipinski definition) is 3. The quantitative estimate of drug-likeness (QED) is 0.338. The number of carbonyl (C=O) groups is 1. The minimum absolute atomic E-state index is 0.249. The van der Waals surface area contributed by atoms with Crippen molar-refractivity contribution < 1.29 is 14.3 Å². The predicted octanol–water partition coefficient (Wildman–Crippen LogP) is 2.34. The highest BCUT2D eigenvalue weighted by Crippen LogP contribution is 2.27. The van der Waals surface area contributed by atoms with Gasteiger partial charge in [0.15, 0.2) is 11.6 Å². The van der Waals surface area contributed by atoms with E-state index in [-0.39, 0.29) is 18.9 Å². The second kappa shape index (κ2) is 10.3. The Hall–Kier alpha value is -4.19. The zero-order chi connectivity index (χ0) is 26.9. The Morgan fingerprint density at radius 2 is 1.97 bits per heavy atom. The molecule has 1 amide bonds. The van der Waals surface area contributed by atoms with Gasteiger partial charge in [-0.05, 0) is 44.5 Å². The van der Waals surface area contributed by atoms with Crippen LogP contribution in [-0.2, 0) is 11.2 Å². The van der Waals surface area contributed by atoms with Crippen LogP contribution in [0.3, 0.4) is 0 Å². The molecule has 4 aromatic rings. The number of halogens is 1. The number of anilines is 1. The second-order valence-corrected chi connectivity index (χ2v) is 9.79. The predicted molar refractivity (Wildman–Crippen MR) is 137 cm³/mol. The van der Waals surface area contributed by atoms with E-state index in [1.165, 1.54) is 10.9 Å². The number of amides is 1. The molecule has 38 heavy (non-hydrogen) atoms. The lowest BCUT2D eigenvalue weighted by Gasteiger charge is -2.37. The molecule has 1 saturated heterocycles. The molecule has 0 radical (unpaired) electrons. The Morgan fingerprint density at radius 3 is 2.61 bits per heavy atom. The molecule has 1 aliphatic rings. The van der Waals surface area contributed by atoms with E-state index >= 15 is 0 Å². The van der Waals surface area contributed by atoms with Crippen LogP contribution in [0.25, 0.3) is 5.82 Å². The number of H-pyrrole nitrogens is 1. The number of aromatic amines is 1. The molecule has 4 aromatic heterocycles. The standard InChI is InChI=1S/C26H30FN9O2/c1-16-10-21(12-22-11-17(2)33-34-22)32-25(30-16)35-8-6-26(38,7-9-35)24(37)31-18(3)19-4-5-23(28-13-19)36-15-20(27)14-29-36/h4-5,10-11,13-15,18,38H,6-9,12H2,1-3H3,(H,31,37)(H,33,34)/t18-/m0/s1. The smallest absolute Gasteiger partial charge is 0.252 e. The van der Waals surface area contributed by atoms with Gasteiger partial charge in [0.2, 0.25) is 5.95 Å². The number of carbonyl (C=O) groups excluding carboxylic acids is 1. The molecule has 0 aliphatic carbocycles. The summed E-state index contributed by atoms with van der Waals surface area (Å²) in [5.41, 5.74) is 2.87. The van der Waals surface area contributed by atoms with E-state index in [2.05, 4.69) is 30.6 Å². The maximum absolute atomic E-state index is 13.2. The molecule has 0 unspecified atom stereocenters. The molecule has 11 nitrogen and oxygen atoms in total. The number of piperidine rings is 1. The van der Waals surface area contributed by atoms with Gasteiger partial charge in [-0.1, -0.05) is 6.07 Å². The minimum atomic E-state index is -1.50. The van der Waals surface area contributed by atoms with Gasteiger partial charge in [-0.2, -0.15) is 10.2 Å². The number of hydrogen-bond acceptors (Lipinski definition) is 8. The lowest BCUT2D eigenvalue weighted by molar-refractivity contribution is -0.142. The van der Waals surface area contributed by atoms with Crippen molar-refractivity contribution in [1.82, 2.24) is 40.2 Å². The van der Waals surface area contributed by atoms with Crippen molar-refractivity contribution in [2.45, 2.75) is 51.7 Å². The van der Waals surface area contributed by atoms with Crippen LogP contribution < -0.4 is 10.2 Å². The van der Waals surface area contributed by atoms with E-state index in [1.54, 1.807) is 18.3 Å². The molecule has 198 valence electrons. The van der Waals surface area contributed by atoms with Gasteiger partial charge in [-0.3, -0.25) is 9.89 Å². The van der Waals surface area contributed by atoms with E-state index in [1.807, 2.05) is 37.8 Å². The first-order valence-corrected chi connectivity index (χ1v) is 12.5. The molecule has 1 atom stereocenters. The van der Waals surface area contributed by atoms with Gasteiger partial charge in [-0.25, -0.2) is 24.0 Å². The number of aryl methyl sites for hydroxylation is 2. The number of rotatable bonds is 7. The summed E-state index contributed by atoms with van der Waals surface area (Å²) in [6.45, 7) is 6.59. The van der Waals surface area contributed by atoms with Crippen molar-refractivity contribution in [3.05, 3.63) is 77.0 Å². The Bertz CT molecular complexity index is 1420. The summed E-state index contributed by atoms with van der Waals surface area (Å²) in [5.74, 6) is 0.173.